The van der Waals surface area contributed by atoms with Crippen molar-refractivity contribution in [2.75, 3.05) is 16.8 Å². The minimum atomic E-state index is -0.401. The number of benzene rings is 1. The molecule has 2 rings (SSSR count). The number of hydrogen-bond acceptors (Lipinski definition) is 7. The van der Waals surface area contributed by atoms with Gasteiger partial charge in [0.15, 0.2) is 10.9 Å². The maximum Gasteiger partial charge on any atom is 0.224 e. The summed E-state index contributed by atoms with van der Waals surface area (Å²) >= 11 is 1.19. The molecule has 1 unspecified atom stereocenters. The quantitative estimate of drug-likeness (QED) is 0.394. The van der Waals surface area contributed by atoms with Crippen molar-refractivity contribution >= 4 is 40.8 Å². The summed E-state index contributed by atoms with van der Waals surface area (Å²) in [5, 5.41) is 2.75. The van der Waals surface area contributed by atoms with Gasteiger partial charge in [0.2, 0.25) is 5.91 Å². The fourth-order valence-corrected chi connectivity index (χ4v) is 3.00. The van der Waals surface area contributed by atoms with Crippen LogP contribution in [0.5, 0.6) is 0 Å². The van der Waals surface area contributed by atoms with Gasteiger partial charge in [-0.15, -0.1) is 0 Å². The number of nitrogen functional groups attached to an aromatic ring is 2. The second-order valence-corrected chi connectivity index (χ2v) is 6.81. The smallest absolute Gasteiger partial charge is 0.224 e. The molecule has 0 aliphatic rings. The van der Waals surface area contributed by atoms with Crippen LogP contribution in [0.4, 0.5) is 17.3 Å². The lowest BCUT2D eigenvalue weighted by Gasteiger charge is -2.11. The number of rotatable bonds is 7. The van der Waals surface area contributed by atoms with Crippen molar-refractivity contribution in [1.82, 2.24) is 9.97 Å². The van der Waals surface area contributed by atoms with Gasteiger partial charge in [0.25, 0.3) is 0 Å². The van der Waals surface area contributed by atoms with Gasteiger partial charge in [-0.2, -0.15) is 0 Å². The number of amides is 1. The van der Waals surface area contributed by atoms with Crippen LogP contribution in [0.25, 0.3) is 0 Å². The molecule has 1 aromatic heterocycles. The van der Waals surface area contributed by atoms with Crippen molar-refractivity contribution in [1.29, 1.82) is 0 Å². The summed E-state index contributed by atoms with van der Waals surface area (Å²) in [7, 11) is 0. The highest BCUT2D eigenvalue weighted by Crippen LogP contribution is 2.24. The Kier molecular flexibility index (Phi) is 6.35. The van der Waals surface area contributed by atoms with Crippen LogP contribution in [0.3, 0.4) is 0 Å². The molecule has 132 valence electrons. The maximum absolute atomic E-state index is 12.5. The first-order valence-electron chi connectivity index (χ1n) is 7.90. The molecule has 0 aliphatic heterocycles. The highest BCUT2D eigenvalue weighted by molar-refractivity contribution is 8.00. The Bertz CT molecular complexity index is 744. The summed E-state index contributed by atoms with van der Waals surface area (Å²) in [6.07, 6.45) is 1.26. The SMILES string of the molecule is CCCC(=O)Nc1ccc(C(=O)C(C)Sc2nc(N)cc(N)n2)cc1. The first-order chi connectivity index (χ1) is 11.9. The minimum Gasteiger partial charge on any atom is -0.383 e. The first-order valence-corrected chi connectivity index (χ1v) is 8.77. The average molecular weight is 359 g/mol. The highest BCUT2D eigenvalue weighted by atomic mass is 32.2. The van der Waals surface area contributed by atoms with Crippen LogP contribution < -0.4 is 16.8 Å². The lowest BCUT2D eigenvalue weighted by molar-refractivity contribution is -0.116. The fourth-order valence-electron chi connectivity index (χ4n) is 2.13. The van der Waals surface area contributed by atoms with Crippen molar-refractivity contribution in [2.24, 2.45) is 0 Å². The number of anilines is 3. The van der Waals surface area contributed by atoms with Crippen molar-refractivity contribution < 1.29 is 9.59 Å². The molecule has 0 saturated heterocycles. The average Bonchev–Trinajstić information content (AvgIpc) is 2.54. The Balaban J connectivity index is 2.02. The van der Waals surface area contributed by atoms with E-state index in [1.165, 1.54) is 17.8 Å². The van der Waals surface area contributed by atoms with Gasteiger partial charge in [-0.05, 0) is 37.6 Å². The third-order valence-electron chi connectivity index (χ3n) is 3.33. The van der Waals surface area contributed by atoms with Gasteiger partial charge in [0.1, 0.15) is 11.6 Å². The van der Waals surface area contributed by atoms with Crippen molar-refractivity contribution in [3.8, 4) is 0 Å². The molecule has 0 bridgehead atoms. The number of hydrogen-bond donors (Lipinski definition) is 3. The van der Waals surface area contributed by atoms with Crippen LogP contribution in [-0.4, -0.2) is 26.9 Å². The van der Waals surface area contributed by atoms with Crippen LogP contribution in [0.1, 0.15) is 37.0 Å². The predicted octanol–water partition coefficient (Wildman–Crippen LogP) is 2.74. The topological polar surface area (TPSA) is 124 Å². The molecular weight excluding hydrogens is 338 g/mol. The summed E-state index contributed by atoms with van der Waals surface area (Å²) in [5.41, 5.74) is 12.5. The zero-order valence-corrected chi connectivity index (χ0v) is 15.0. The van der Waals surface area contributed by atoms with E-state index in [2.05, 4.69) is 15.3 Å². The summed E-state index contributed by atoms with van der Waals surface area (Å²) in [6.45, 7) is 3.71. The zero-order valence-electron chi connectivity index (χ0n) is 14.2. The molecule has 5 N–H and O–H groups in total. The lowest BCUT2D eigenvalue weighted by atomic mass is 10.1. The number of ketones is 1. The van der Waals surface area contributed by atoms with Crippen molar-refractivity contribution in [3.63, 3.8) is 0 Å². The van der Waals surface area contributed by atoms with E-state index in [1.54, 1.807) is 31.2 Å². The van der Waals surface area contributed by atoms with Crippen LogP contribution in [-0.2, 0) is 4.79 Å². The second kappa shape index (κ2) is 8.48. The van der Waals surface area contributed by atoms with E-state index >= 15 is 0 Å². The molecular formula is C17H21N5O2S. The predicted molar refractivity (Wildman–Crippen MR) is 100 cm³/mol. The molecule has 1 heterocycles. The van der Waals surface area contributed by atoms with E-state index < -0.39 is 5.25 Å². The van der Waals surface area contributed by atoms with Gasteiger partial charge in [0.05, 0.1) is 5.25 Å². The maximum atomic E-state index is 12.5. The Morgan fingerprint density at radius 1 is 1.16 bits per heavy atom. The molecule has 0 radical (unpaired) electrons. The van der Waals surface area contributed by atoms with E-state index in [9.17, 15) is 9.59 Å². The second-order valence-electron chi connectivity index (χ2n) is 5.50. The number of Topliss-reactive ketones (excluding diaryl/α,β-unsaturated/α-hetero) is 1. The van der Waals surface area contributed by atoms with E-state index in [1.807, 2.05) is 6.92 Å². The molecule has 25 heavy (non-hydrogen) atoms. The third kappa shape index (κ3) is 5.46. The van der Waals surface area contributed by atoms with E-state index in [-0.39, 0.29) is 23.3 Å². The van der Waals surface area contributed by atoms with Crippen molar-refractivity contribution in [3.05, 3.63) is 35.9 Å². The first kappa shape index (κ1) is 18.7. The molecule has 2 aromatic rings. The molecule has 1 atom stereocenters. The molecule has 0 spiro atoms. The zero-order chi connectivity index (χ0) is 18.4. The molecule has 1 amide bonds. The number of nitrogens with one attached hydrogen (secondary N) is 1. The fraction of sp³-hybridized carbons (Fsp3) is 0.294. The molecule has 7 nitrogen and oxygen atoms in total. The Morgan fingerprint density at radius 3 is 2.32 bits per heavy atom. The summed E-state index contributed by atoms with van der Waals surface area (Å²) < 4.78 is 0. The van der Waals surface area contributed by atoms with Gasteiger partial charge in [-0.25, -0.2) is 9.97 Å². The minimum absolute atomic E-state index is 0.0399. The Labute approximate surface area is 150 Å². The largest absolute Gasteiger partial charge is 0.383 e. The van der Waals surface area contributed by atoms with Gasteiger partial charge < -0.3 is 16.8 Å². The van der Waals surface area contributed by atoms with E-state index in [0.29, 0.717) is 22.8 Å². The van der Waals surface area contributed by atoms with Crippen LogP contribution in [0, 0.1) is 0 Å². The van der Waals surface area contributed by atoms with E-state index in [4.69, 9.17) is 11.5 Å². The summed E-state index contributed by atoms with van der Waals surface area (Å²) in [5.74, 6) is 0.423. The van der Waals surface area contributed by atoms with Gasteiger partial charge in [-0.3, -0.25) is 9.59 Å². The van der Waals surface area contributed by atoms with Gasteiger partial charge >= 0.3 is 0 Å². The molecule has 0 fully saturated rings. The molecule has 0 saturated carbocycles. The highest BCUT2D eigenvalue weighted by Gasteiger charge is 2.18. The van der Waals surface area contributed by atoms with Crippen molar-refractivity contribution in [2.45, 2.75) is 37.1 Å². The lowest BCUT2D eigenvalue weighted by Crippen LogP contribution is -2.15. The summed E-state index contributed by atoms with van der Waals surface area (Å²) in [6, 6.07) is 8.27. The van der Waals surface area contributed by atoms with Crippen LogP contribution >= 0.6 is 11.8 Å². The molecule has 0 aliphatic carbocycles. The van der Waals surface area contributed by atoms with E-state index in [0.717, 1.165) is 6.42 Å². The number of thioether (sulfide) groups is 1. The number of nitrogens with two attached hydrogens (primary N) is 2. The molecule has 1 aromatic carbocycles. The Morgan fingerprint density at radius 2 is 1.76 bits per heavy atom. The number of nitrogens with zero attached hydrogens (tertiary/aromatic N) is 2. The Hall–Kier alpha value is -2.61. The number of aromatic nitrogens is 2. The standard InChI is InChI=1S/C17H21N5O2S/c1-3-4-15(23)20-12-7-5-11(6-8-12)16(24)10(2)25-17-21-13(18)9-14(19)22-17/h5-10H,3-4H2,1-2H3,(H,20,23)(H4,18,19,21,22). The number of carbonyl (C=O) groups excluding carboxylic acids is 2. The number of carbonyl (C=O) groups is 2. The van der Waals surface area contributed by atoms with Crippen LogP contribution in [0.2, 0.25) is 0 Å². The van der Waals surface area contributed by atoms with Gasteiger partial charge in [-0.1, -0.05) is 18.7 Å². The monoisotopic (exact) mass is 359 g/mol. The normalized spacial score (nSPS) is 11.8. The van der Waals surface area contributed by atoms with Crippen LogP contribution in [0.15, 0.2) is 35.5 Å². The van der Waals surface area contributed by atoms with Gasteiger partial charge in [0, 0.05) is 23.7 Å². The third-order valence-corrected chi connectivity index (χ3v) is 4.29. The summed E-state index contributed by atoms with van der Waals surface area (Å²) in [4.78, 5) is 32.2. The molecule has 8 heteroatoms.